The van der Waals surface area contributed by atoms with E-state index in [1.165, 1.54) is 0 Å². The van der Waals surface area contributed by atoms with E-state index in [9.17, 15) is 14.7 Å². The van der Waals surface area contributed by atoms with Crippen LogP contribution >= 0.6 is 0 Å². The highest BCUT2D eigenvalue weighted by Crippen LogP contribution is 2.31. The number of ether oxygens (including phenoxy) is 2. The summed E-state index contributed by atoms with van der Waals surface area (Å²) >= 11 is 0. The lowest BCUT2D eigenvalue weighted by atomic mass is 9.99. The van der Waals surface area contributed by atoms with Gasteiger partial charge in [0, 0.05) is 36.9 Å². The van der Waals surface area contributed by atoms with Crippen LogP contribution in [0.3, 0.4) is 0 Å². The molecule has 0 unspecified atom stereocenters. The Morgan fingerprint density at radius 2 is 1.60 bits per heavy atom. The number of rotatable bonds is 10. The van der Waals surface area contributed by atoms with Gasteiger partial charge in [0.05, 0.1) is 18.2 Å². The molecule has 0 fully saturated rings. The summed E-state index contributed by atoms with van der Waals surface area (Å²) < 4.78 is 12.5. The lowest BCUT2D eigenvalue weighted by molar-refractivity contribution is 0.0341. The third kappa shape index (κ3) is 8.41. The average molecular weight is 609 g/mol. The lowest BCUT2D eigenvalue weighted by Crippen LogP contribution is -2.49. The highest BCUT2D eigenvalue weighted by atomic mass is 16.5. The van der Waals surface area contributed by atoms with Gasteiger partial charge in [-0.1, -0.05) is 55.5 Å². The molecule has 5 rings (SSSR count). The van der Waals surface area contributed by atoms with E-state index in [2.05, 4.69) is 34.6 Å². The normalized spacial score (nSPS) is 17.0. The molecule has 234 valence electrons. The second-order valence-electron chi connectivity index (χ2n) is 11.5. The Hall–Kier alpha value is -4.86. The smallest absolute Gasteiger partial charge is 0.323 e. The highest BCUT2D eigenvalue weighted by molar-refractivity contribution is 6.02. The Morgan fingerprint density at radius 3 is 2.29 bits per heavy atom. The van der Waals surface area contributed by atoms with Gasteiger partial charge in [0.15, 0.2) is 0 Å². The molecule has 0 aliphatic carbocycles. The van der Waals surface area contributed by atoms with Crippen molar-refractivity contribution in [3.63, 3.8) is 0 Å². The fraction of sp³-hybridized carbons (Fsp3) is 0.278. The van der Waals surface area contributed by atoms with Crippen LogP contribution in [0.25, 0.3) is 0 Å². The number of aliphatic hydroxyl groups is 1. The summed E-state index contributed by atoms with van der Waals surface area (Å²) in [5, 5.41) is 15.6. The molecule has 1 aliphatic heterocycles. The molecule has 0 radical (unpaired) electrons. The molecule has 0 aromatic heterocycles. The highest BCUT2D eigenvalue weighted by Gasteiger charge is 2.33. The topological polar surface area (TPSA) is 103 Å². The van der Waals surface area contributed by atoms with E-state index < -0.39 is 6.03 Å². The Balaban J connectivity index is 1.29. The zero-order valence-electron chi connectivity index (χ0n) is 25.9. The van der Waals surface area contributed by atoms with E-state index in [1.54, 1.807) is 35.2 Å². The predicted molar refractivity (Wildman–Crippen MR) is 176 cm³/mol. The number of aliphatic hydroxyl groups excluding tert-OH is 1. The van der Waals surface area contributed by atoms with Gasteiger partial charge in [-0.3, -0.25) is 9.69 Å². The van der Waals surface area contributed by atoms with Gasteiger partial charge < -0.3 is 30.1 Å². The Bertz CT molecular complexity index is 1570. The van der Waals surface area contributed by atoms with Crippen LogP contribution in [0.15, 0.2) is 103 Å². The SMILES string of the molecule is C[C@H]1CN([C@@H](C)CO)C(=O)c2cc(NC(=O)Nc3ccccc3)ccc2O[C@H]1CN(C)Cc1ccc(Oc2ccccc2)cc1. The third-order valence-corrected chi connectivity index (χ3v) is 7.80. The first kappa shape index (κ1) is 31.6. The summed E-state index contributed by atoms with van der Waals surface area (Å²) in [7, 11) is 2.04. The van der Waals surface area contributed by atoms with Gasteiger partial charge in [-0.2, -0.15) is 0 Å². The van der Waals surface area contributed by atoms with Gasteiger partial charge >= 0.3 is 6.03 Å². The maximum atomic E-state index is 13.8. The number of nitrogens with zero attached hydrogens (tertiary/aromatic N) is 2. The molecule has 9 nitrogen and oxygen atoms in total. The van der Waals surface area contributed by atoms with Crippen molar-refractivity contribution in [1.29, 1.82) is 0 Å². The third-order valence-electron chi connectivity index (χ3n) is 7.80. The van der Waals surface area contributed by atoms with Gasteiger partial charge in [-0.25, -0.2) is 4.79 Å². The molecule has 1 aliphatic rings. The van der Waals surface area contributed by atoms with Crippen LogP contribution in [0, 0.1) is 5.92 Å². The Labute approximate surface area is 264 Å². The van der Waals surface area contributed by atoms with E-state index in [-0.39, 0.29) is 30.6 Å². The molecule has 0 saturated heterocycles. The number of likely N-dealkylation sites (N-methyl/N-ethyl adjacent to an activating group) is 1. The Kier molecular flexibility index (Phi) is 10.3. The van der Waals surface area contributed by atoms with Crippen LogP contribution in [0.2, 0.25) is 0 Å². The van der Waals surface area contributed by atoms with Gasteiger partial charge in [-0.05, 0) is 74.1 Å². The van der Waals surface area contributed by atoms with Crippen LogP contribution in [0.5, 0.6) is 17.2 Å². The number of hydrogen-bond acceptors (Lipinski definition) is 6. The van der Waals surface area contributed by atoms with E-state index in [0.717, 1.165) is 17.1 Å². The minimum atomic E-state index is -0.422. The summed E-state index contributed by atoms with van der Waals surface area (Å²) in [6.07, 6.45) is -0.240. The van der Waals surface area contributed by atoms with Crippen molar-refractivity contribution in [3.05, 3.63) is 114 Å². The number of amides is 3. The van der Waals surface area contributed by atoms with Gasteiger partial charge in [0.1, 0.15) is 23.4 Å². The fourth-order valence-electron chi connectivity index (χ4n) is 5.30. The van der Waals surface area contributed by atoms with E-state index in [4.69, 9.17) is 9.47 Å². The number of para-hydroxylation sites is 2. The van der Waals surface area contributed by atoms with Crippen molar-refractivity contribution in [2.24, 2.45) is 5.92 Å². The Morgan fingerprint density at radius 1 is 0.956 bits per heavy atom. The standard InChI is InChI=1S/C36H40N4O5/c1-25-21-40(26(2)24-41)35(42)32-20-29(38-36(43)37-28-10-6-4-7-11-28)16-19-33(32)45-34(25)23-39(3)22-27-14-17-31(18-15-27)44-30-12-8-5-9-13-30/h4-20,25-26,34,41H,21-24H2,1-3H3,(H2,37,38,43)/t25-,26-,34-/m0/s1. The van der Waals surface area contributed by atoms with Gasteiger partial charge in [0.25, 0.3) is 5.91 Å². The van der Waals surface area contributed by atoms with Crippen molar-refractivity contribution in [1.82, 2.24) is 9.80 Å². The largest absolute Gasteiger partial charge is 0.488 e. The number of fused-ring (bicyclic) bond motifs is 1. The number of nitrogens with one attached hydrogen (secondary N) is 2. The number of carbonyl (C=O) groups excluding carboxylic acids is 2. The second kappa shape index (κ2) is 14.7. The molecular formula is C36H40N4O5. The van der Waals surface area contributed by atoms with Crippen molar-refractivity contribution >= 4 is 23.3 Å². The predicted octanol–water partition coefficient (Wildman–Crippen LogP) is 6.48. The van der Waals surface area contributed by atoms with Crippen molar-refractivity contribution < 1.29 is 24.2 Å². The molecule has 3 atom stereocenters. The van der Waals surface area contributed by atoms with E-state index in [1.807, 2.05) is 74.6 Å². The minimum absolute atomic E-state index is 0.0188. The van der Waals surface area contributed by atoms with Crippen molar-refractivity contribution in [3.8, 4) is 17.2 Å². The van der Waals surface area contributed by atoms with E-state index >= 15 is 0 Å². The lowest BCUT2D eigenvalue weighted by Gasteiger charge is -2.38. The number of benzene rings is 4. The number of hydrogen-bond donors (Lipinski definition) is 3. The van der Waals surface area contributed by atoms with Gasteiger partial charge in [-0.15, -0.1) is 0 Å². The first-order valence-corrected chi connectivity index (χ1v) is 15.1. The van der Waals surface area contributed by atoms with Crippen LogP contribution in [-0.2, 0) is 6.54 Å². The van der Waals surface area contributed by atoms with Crippen molar-refractivity contribution in [2.75, 3.05) is 37.4 Å². The molecule has 4 aromatic rings. The number of urea groups is 1. The minimum Gasteiger partial charge on any atom is -0.488 e. The van der Waals surface area contributed by atoms with Crippen LogP contribution in [0.4, 0.5) is 16.2 Å². The summed E-state index contributed by atoms with van der Waals surface area (Å²) in [6, 6.07) is 31.1. The summed E-state index contributed by atoms with van der Waals surface area (Å²) in [4.78, 5) is 30.3. The summed E-state index contributed by atoms with van der Waals surface area (Å²) in [6.45, 7) is 5.44. The van der Waals surface area contributed by atoms with Gasteiger partial charge in [0.2, 0.25) is 0 Å². The molecule has 0 saturated carbocycles. The quantitative estimate of drug-likeness (QED) is 0.191. The molecule has 3 N–H and O–H groups in total. The van der Waals surface area contributed by atoms with Crippen LogP contribution in [0.1, 0.15) is 29.8 Å². The molecule has 4 aromatic carbocycles. The molecular weight excluding hydrogens is 568 g/mol. The zero-order chi connectivity index (χ0) is 31.8. The fourth-order valence-corrected chi connectivity index (χ4v) is 5.30. The maximum absolute atomic E-state index is 13.8. The van der Waals surface area contributed by atoms with Crippen LogP contribution < -0.4 is 20.1 Å². The molecule has 0 spiro atoms. The second-order valence-corrected chi connectivity index (χ2v) is 11.5. The summed E-state index contributed by atoms with van der Waals surface area (Å²) in [5.41, 5.74) is 2.58. The maximum Gasteiger partial charge on any atom is 0.323 e. The first-order chi connectivity index (χ1) is 21.8. The first-order valence-electron chi connectivity index (χ1n) is 15.1. The molecule has 45 heavy (non-hydrogen) atoms. The molecule has 0 bridgehead atoms. The monoisotopic (exact) mass is 608 g/mol. The molecule has 3 amide bonds. The number of carbonyl (C=O) groups is 2. The number of anilines is 2. The average Bonchev–Trinajstić information content (AvgIpc) is 3.04. The van der Waals surface area contributed by atoms with E-state index in [0.29, 0.717) is 42.3 Å². The molecule has 1 heterocycles. The summed E-state index contributed by atoms with van der Waals surface area (Å²) in [5.74, 6) is 1.73. The molecule has 9 heteroatoms. The zero-order valence-corrected chi connectivity index (χ0v) is 25.9. The van der Waals surface area contributed by atoms with Crippen molar-refractivity contribution in [2.45, 2.75) is 32.5 Å². The van der Waals surface area contributed by atoms with Crippen LogP contribution in [-0.4, -0.2) is 65.7 Å².